The van der Waals surface area contributed by atoms with E-state index in [0.29, 0.717) is 17.0 Å². The van der Waals surface area contributed by atoms with Crippen LogP contribution in [0.5, 0.6) is 0 Å². The number of benzene rings is 3. The molecule has 0 unspecified atom stereocenters. The van der Waals surface area contributed by atoms with Gasteiger partial charge in [-0.3, -0.25) is 9.59 Å². The summed E-state index contributed by atoms with van der Waals surface area (Å²) in [5.74, 6) is 0.0912. The fraction of sp³-hybridized carbons (Fsp3) is 0.167. The number of hydrogen-bond donors (Lipinski definition) is 2. The fourth-order valence-corrected chi connectivity index (χ4v) is 3.74. The number of hydrogen-bond acceptors (Lipinski definition) is 3. The molecule has 0 radical (unpaired) electrons. The molecule has 2 N–H and O–H groups in total. The molecule has 0 aliphatic carbocycles. The minimum Gasteiger partial charge on any atom is -0.325 e. The summed E-state index contributed by atoms with van der Waals surface area (Å²) in [6.07, 6.45) is 0. The number of amides is 2. The van der Waals surface area contributed by atoms with Crippen LogP contribution in [0.1, 0.15) is 27.0 Å². The quantitative estimate of drug-likeness (QED) is 0.526. The van der Waals surface area contributed by atoms with Crippen molar-refractivity contribution in [1.82, 2.24) is 0 Å². The number of carbonyl (C=O) groups is 2. The van der Waals surface area contributed by atoms with Crippen LogP contribution in [-0.2, 0) is 4.79 Å². The Morgan fingerprint density at radius 2 is 1.52 bits per heavy atom. The van der Waals surface area contributed by atoms with Gasteiger partial charge >= 0.3 is 0 Å². The van der Waals surface area contributed by atoms with E-state index in [4.69, 9.17) is 0 Å². The maximum Gasteiger partial charge on any atom is 0.255 e. The molecule has 3 rings (SSSR count). The van der Waals surface area contributed by atoms with E-state index < -0.39 is 0 Å². The second kappa shape index (κ2) is 9.43. The zero-order valence-corrected chi connectivity index (χ0v) is 17.6. The van der Waals surface area contributed by atoms with Crippen molar-refractivity contribution in [1.29, 1.82) is 0 Å². The Morgan fingerprint density at radius 1 is 0.828 bits per heavy atom. The number of aryl methyl sites for hydroxylation is 3. The van der Waals surface area contributed by atoms with Crippen molar-refractivity contribution in [3.63, 3.8) is 0 Å². The molecule has 2 amide bonds. The Hall–Kier alpha value is -3.05. The Kier molecular flexibility index (Phi) is 6.73. The summed E-state index contributed by atoms with van der Waals surface area (Å²) in [6, 6.07) is 20.9. The molecule has 0 aliphatic heterocycles. The third-order valence-electron chi connectivity index (χ3n) is 4.49. The first-order valence-electron chi connectivity index (χ1n) is 9.39. The number of para-hydroxylation sites is 1. The van der Waals surface area contributed by atoms with Gasteiger partial charge in [-0.1, -0.05) is 42.0 Å². The zero-order valence-electron chi connectivity index (χ0n) is 16.8. The number of rotatable bonds is 6. The van der Waals surface area contributed by atoms with Gasteiger partial charge in [0.1, 0.15) is 0 Å². The summed E-state index contributed by atoms with van der Waals surface area (Å²) < 4.78 is 0. The van der Waals surface area contributed by atoms with Crippen LogP contribution in [-0.4, -0.2) is 17.6 Å². The van der Waals surface area contributed by atoms with Crippen molar-refractivity contribution in [3.05, 3.63) is 89.0 Å². The van der Waals surface area contributed by atoms with Crippen molar-refractivity contribution < 1.29 is 9.59 Å². The molecule has 0 fully saturated rings. The molecule has 148 valence electrons. The van der Waals surface area contributed by atoms with E-state index in [-0.39, 0.29) is 11.8 Å². The highest BCUT2D eigenvalue weighted by molar-refractivity contribution is 8.00. The maximum absolute atomic E-state index is 12.4. The first-order chi connectivity index (χ1) is 13.9. The Labute approximate surface area is 175 Å². The lowest BCUT2D eigenvalue weighted by atomic mass is 10.1. The van der Waals surface area contributed by atoms with Crippen molar-refractivity contribution in [2.45, 2.75) is 25.7 Å². The second-order valence-electron chi connectivity index (χ2n) is 6.96. The lowest BCUT2D eigenvalue weighted by Gasteiger charge is -2.11. The van der Waals surface area contributed by atoms with Gasteiger partial charge in [0.15, 0.2) is 0 Å². The number of thioether (sulfide) groups is 1. The van der Waals surface area contributed by atoms with Gasteiger partial charge in [-0.05, 0) is 62.2 Å². The summed E-state index contributed by atoms with van der Waals surface area (Å²) in [5.41, 5.74) is 5.33. The molecule has 0 spiro atoms. The van der Waals surface area contributed by atoms with E-state index >= 15 is 0 Å². The molecule has 0 aliphatic rings. The molecule has 0 heterocycles. The van der Waals surface area contributed by atoms with Crippen LogP contribution in [0.2, 0.25) is 0 Å². The Bertz CT molecular complexity index is 1030. The van der Waals surface area contributed by atoms with E-state index in [0.717, 1.165) is 27.3 Å². The summed E-state index contributed by atoms with van der Waals surface area (Å²) in [7, 11) is 0. The van der Waals surface area contributed by atoms with Gasteiger partial charge in [-0.2, -0.15) is 0 Å². The maximum atomic E-state index is 12.4. The van der Waals surface area contributed by atoms with Crippen molar-refractivity contribution in [2.24, 2.45) is 0 Å². The van der Waals surface area contributed by atoms with Crippen LogP contribution in [0.15, 0.2) is 71.6 Å². The van der Waals surface area contributed by atoms with Gasteiger partial charge < -0.3 is 10.6 Å². The summed E-state index contributed by atoms with van der Waals surface area (Å²) in [4.78, 5) is 25.7. The molecule has 29 heavy (non-hydrogen) atoms. The monoisotopic (exact) mass is 404 g/mol. The van der Waals surface area contributed by atoms with Crippen molar-refractivity contribution in [3.8, 4) is 0 Å². The van der Waals surface area contributed by atoms with Gasteiger partial charge in [0.25, 0.3) is 5.91 Å². The molecule has 4 nitrogen and oxygen atoms in total. The smallest absolute Gasteiger partial charge is 0.255 e. The molecule has 0 aromatic heterocycles. The van der Waals surface area contributed by atoms with E-state index in [2.05, 4.69) is 10.6 Å². The first-order valence-corrected chi connectivity index (χ1v) is 10.4. The highest BCUT2D eigenvalue weighted by atomic mass is 32.2. The molecule has 5 heteroatoms. The van der Waals surface area contributed by atoms with Crippen molar-refractivity contribution in [2.75, 3.05) is 16.4 Å². The predicted octanol–water partition coefficient (Wildman–Crippen LogP) is 5.59. The molecular weight excluding hydrogens is 380 g/mol. The third kappa shape index (κ3) is 5.72. The van der Waals surface area contributed by atoms with E-state index in [9.17, 15) is 9.59 Å². The lowest BCUT2D eigenvalue weighted by Crippen LogP contribution is -2.15. The average molecular weight is 405 g/mol. The summed E-state index contributed by atoms with van der Waals surface area (Å²) in [6.45, 7) is 5.92. The van der Waals surface area contributed by atoms with Gasteiger partial charge in [0, 0.05) is 21.8 Å². The summed E-state index contributed by atoms with van der Waals surface area (Å²) >= 11 is 1.44. The Morgan fingerprint density at radius 3 is 2.24 bits per heavy atom. The molecule has 0 bridgehead atoms. The van der Waals surface area contributed by atoms with E-state index in [1.165, 1.54) is 11.8 Å². The highest BCUT2D eigenvalue weighted by Crippen LogP contribution is 2.24. The van der Waals surface area contributed by atoms with Crippen molar-refractivity contribution >= 4 is 35.0 Å². The molecule has 0 saturated heterocycles. The second-order valence-corrected chi connectivity index (χ2v) is 8.00. The standard InChI is InChI=1S/C24H24N2O2S/c1-16-7-4-10-19(13-16)24(28)25-20-11-6-12-21(14-20)29-15-22(27)26-23-17(2)8-5-9-18(23)3/h4-14H,15H2,1-3H3,(H,25,28)(H,26,27). The van der Waals surface area contributed by atoms with Gasteiger partial charge in [0.2, 0.25) is 5.91 Å². The minimum absolute atomic E-state index is 0.0541. The van der Waals surface area contributed by atoms with Crippen LogP contribution in [0.25, 0.3) is 0 Å². The van der Waals surface area contributed by atoms with E-state index in [1.807, 2.05) is 81.4 Å². The SMILES string of the molecule is Cc1cccc(C(=O)Nc2cccc(SCC(=O)Nc3c(C)cccc3C)c2)c1. The van der Waals surface area contributed by atoms with Crippen LogP contribution in [0, 0.1) is 20.8 Å². The van der Waals surface area contributed by atoms with Gasteiger partial charge in [-0.15, -0.1) is 11.8 Å². The van der Waals surface area contributed by atoms with Crippen LogP contribution >= 0.6 is 11.8 Å². The lowest BCUT2D eigenvalue weighted by molar-refractivity contribution is -0.113. The molecule has 0 saturated carbocycles. The third-order valence-corrected chi connectivity index (χ3v) is 5.48. The molecule has 3 aromatic rings. The van der Waals surface area contributed by atoms with Crippen LogP contribution < -0.4 is 10.6 Å². The average Bonchev–Trinajstić information content (AvgIpc) is 2.69. The number of anilines is 2. The minimum atomic E-state index is -0.149. The van der Waals surface area contributed by atoms with Gasteiger partial charge in [0.05, 0.1) is 5.75 Å². The largest absolute Gasteiger partial charge is 0.325 e. The normalized spacial score (nSPS) is 10.4. The molecule has 0 atom stereocenters. The highest BCUT2D eigenvalue weighted by Gasteiger charge is 2.09. The van der Waals surface area contributed by atoms with Gasteiger partial charge in [-0.25, -0.2) is 0 Å². The Balaban J connectivity index is 1.60. The molecule has 3 aromatic carbocycles. The van der Waals surface area contributed by atoms with Crippen LogP contribution in [0.4, 0.5) is 11.4 Å². The molecular formula is C24H24N2O2S. The van der Waals surface area contributed by atoms with E-state index in [1.54, 1.807) is 6.07 Å². The van der Waals surface area contributed by atoms with Crippen LogP contribution in [0.3, 0.4) is 0 Å². The number of nitrogens with one attached hydrogen (secondary N) is 2. The topological polar surface area (TPSA) is 58.2 Å². The zero-order chi connectivity index (χ0) is 20.8. The first kappa shape index (κ1) is 20.7. The predicted molar refractivity (Wildman–Crippen MR) is 121 cm³/mol. The summed E-state index contributed by atoms with van der Waals surface area (Å²) in [5, 5.41) is 5.91. The number of carbonyl (C=O) groups excluding carboxylic acids is 2. The fourth-order valence-electron chi connectivity index (χ4n) is 2.99.